The van der Waals surface area contributed by atoms with Gasteiger partial charge in [0.05, 0.1) is 11.4 Å². The van der Waals surface area contributed by atoms with Gasteiger partial charge in [-0.1, -0.05) is 133 Å². The molecule has 0 atom stereocenters. The first-order chi connectivity index (χ1) is 20.9. The first-order valence-electron chi connectivity index (χ1n) is 14.5. The summed E-state index contributed by atoms with van der Waals surface area (Å²) in [5, 5.41) is 0. The third-order valence-corrected chi connectivity index (χ3v) is 9.25. The lowest BCUT2D eigenvalue weighted by Gasteiger charge is -2.31. The Labute approximate surface area is 261 Å². The van der Waals surface area contributed by atoms with E-state index in [1.54, 1.807) is 0 Å². The van der Waals surface area contributed by atoms with E-state index in [2.05, 4.69) is 132 Å². The van der Waals surface area contributed by atoms with E-state index in [0.717, 1.165) is 32.7 Å². The van der Waals surface area contributed by atoms with Crippen LogP contribution in [0.4, 0.5) is 17.1 Å². The van der Waals surface area contributed by atoms with Crippen LogP contribution in [0.3, 0.4) is 0 Å². The average Bonchev–Trinajstić information content (AvgIpc) is 3.28. The van der Waals surface area contributed by atoms with Crippen molar-refractivity contribution >= 4 is 38.8 Å². The highest BCUT2D eigenvalue weighted by Crippen LogP contribution is 2.51. The summed E-state index contributed by atoms with van der Waals surface area (Å²) in [5.41, 5.74) is 11.3. The number of hydrogen-bond donors (Lipinski definition) is 0. The number of anilines is 3. The lowest BCUT2D eigenvalue weighted by atomic mass is 9.82. The zero-order valence-corrected chi connectivity index (χ0v) is 25.7. The van der Waals surface area contributed by atoms with Crippen molar-refractivity contribution in [3.05, 3.63) is 172 Å². The second kappa shape index (κ2) is 10.8. The molecule has 1 aliphatic carbocycles. The minimum Gasteiger partial charge on any atom is -0.309 e. The Hall–Kier alpha value is -4.73. The third kappa shape index (κ3) is 4.61. The van der Waals surface area contributed by atoms with Crippen LogP contribution >= 0.6 is 15.9 Å². The molecule has 0 spiro atoms. The molecule has 3 heteroatoms. The fourth-order valence-corrected chi connectivity index (χ4v) is 6.89. The van der Waals surface area contributed by atoms with Gasteiger partial charge in [0.2, 0.25) is 0 Å². The average molecular weight is 621 g/mol. The summed E-state index contributed by atoms with van der Waals surface area (Å²) in [5.74, 6) is -0.0286. The van der Waals surface area contributed by atoms with Crippen LogP contribution in [0.15, 0.2) is 150 Å². The fourth-order valence-electron chi connectivity index (χ4n) is 6.42. The molecule has 0 saturated carbocycles. The van der Waals surface area contributed by atoms with Gasteiger partial charge in [-0.05, 0) is 70.3 Å². The normalized spacial score (nSPS) is 12.8. The Kier molecular flexibility index (Phi) is 6.83. The fraction of sp³-hybridized carbons (Fsp3) is 0.0750. The van der Waals surface area contributed by atoms with Crippen LogP contribution in [0.1, 0.15) is 40.9 Å². The number of benzene rings is 6. The highest BCUT2D eigenvalue weighted by molar-refractivity contribution is 9.10. The van der Waals surface area contributed by atoms with Gasteiger partial charge < -0.3 is 4.90 Å². The minimum absolute atomic E-state index is 0.0286. The van der Waals surface area contributed by atoms with E-state index in [-0.39, 0.29) is 11.2 Å². The van der Waals surface area contributed by atoms with Gasteiger partial charge in [0.1, 0.15) is 0 Å². The number of nitrogens with zero attached hydrogens (tertiary/aromatic N) is 1. The summed E-state index contributed by atoms with van der Waals surface area (Å²) >= 11 is 3.61. The number of carbonyl (C=O) groups excluding carboxylic acids is 1. The molecule has 208 valence electrons. The molecule has 0 unspecified atom stereocenters. The largest absolute Gasteiger partial charge is 0.309 e. The van der Waals surface area contributed by atoms with Crippen molar-refractivity contribution in [2.24, 2.45) is 0 Å². The molecule has 0 amide bonds. The molecule has 1 aliphatic rings. The van der Waals surface area contributed by atoms with Gasteiger partial charge in [-0.25, -0.2) is 0 Å². The number of fused-ring (bicyclic) bond motifs is 3. The summed E-state index contributed by atoms with van der Waals surface area (Å²) in [6.45, 7) is 4.60. The van der Waals surface area contributed by atoms with E-state index in [1.807, 2.05) is 48.5 Å². The van der Waals surface area contributed by atoms with Crippen molar-refractivity contribution in [2.75, 3.05) is 4.90 Å². The number of halogens is 1. The van der Waals surface area contributed by atoms with Crippen molar-refractivity contribution < 1.29 is 4.79 Å². The molecule has 6 aromatic rings. The molecular weight excluding hydrogens is 590 g/mol. The number of ketones is 1. The quantitative estimate of drug-likeness (QED) is 0.173. The molecule has 0 bridgehead atoms. The van der Waals surface area contributed by atoms with Gasteiger partial charge >= 0.3 is 0 Å². The maximum Gasteiger partial charge on any atom is 0.196 e. The van der Waals surface area contributed by atoms with Crippen molar-refractivity contribution in [3.63, 3.8) is 0 Å². The van der Waals surface area contributed by atoms with E-state index >= 15 is 0 Å². The molecular formula is C40H30BrNO. The van der Waals surface area contributed by atoms with E-state index in [9.17, 15) is 4.79 Å². The van der Waals surface area contributed by atoms with Crippen molar-refractivity contribution in [2.45, 2.75) is 19.3 Å². The first-order valence-corrected chi connectivity index (χ1v) is 15.3. The van der Waals surface area contributed by atoms with Crippen molar-refractivity contribution in [1.29, 1.82) is 0 Å². The summed E-state index contributed by atoms with van der Waals surface area (Å²) in [4.78, 5) is 16.4. The molecule has 0 N–H and O–H groups in total. The van der Waals surface area contributed by atoms with E-state index < -0.39 is 0 Å². The maximum atomic E-state index is 14.2. The molecule has 0 saturated heterocycles. The predicted molar refractivity (Wildman–Crippen MR) is 182 cm³/mol. The number of para-hydroxylation sites is 2. The van der Waals surface area contributed by atoms with Crippen molar-refractivity contribution in [1.82, 2.24) is 0 Å². The highest BCUT2D eigenvalue weighted by atomic mass is 79.9. The molecule has 0 aliphatic heterocycles. The lowest BCUT2D eigenvalue weighted by Crippen LogP contribution is -2.18. The molecule has 0 heterocycles. The van der Waals surface area contributed by atoms with Gasteiger partial charge in [-0.3, -0.25) is 4.79 Å². The first kappa shape index (κ1) is 27.1. The van der Waals surface area contributed by atoms with Gasteiger partial charge in [-0.15, -0.1) is 0 Å². The highest BCUT2D eigenvalue weighted by Gasteiger charge is 2.36. The monoisotopic (exact) mass is 619 g/mol. The molecule has 2 nitrogen and oxygen atoms in total. The second-order valence-corrected chi connectivity index (χ2v) is 12.3. The van der Waals surface area contributed by atoms with Crippen LogP contribution in [-0.4, -0.2) is 5.78 Å². The van der Waals surface area contributed by atoms with Crippen LogP contribution in [-0.2, 0) is 5.41 Å². The molecule has 43 heavy (non-hydrogen) atoms. The smallest absolute Gasteiger partial charge is 0.196 e. The van der Waals surface area contributed by atoms with Gasteiger partial charge in [-0.2, -0.15) is 0 Å². The van der Waals surface area contributed by atoms with E-state index in [0.29, 0.717) is 11.1 Å². The Morgan fingerprint density at radius 1 is 0.558 bits per heavy atom. The van der Waals surface area contributed by atoms with Crippen LogP contribution in [0, 0.1) is 0 Å². The summed E-state index contributed by atoms with van der Waals surface area (Å²) in [6, 6.07) is 49.9. The zero-order valence-electron chi connectivity index (χ0n) is 24.1. The predicted octanol–water partition coefficient (Wildman–Crippen LogP) is 11.1. The SMILES string of the molecule is CC1(C)c2ccccc2-c2ccc(N(c3ccccc3C(=O)c3ccccc3Br)c3ccccc3-c3ccccc3)cc21. The third-order valence-electron chi connectivity index (χ3n) is 8.56. The molecule has 0 aromatic heterocycles. The standard InChI is InChI=1S/C40H30BrNO/c1-40(2)34-20-10-6-17-30(34)31-25-24-28(26-35(31)40)42(37-22-12-8-16-29(37)27-14-4-3-5-15-27)38-23-13-9-19-33(38)39(43)32-18-7-11-21-36(32)41/h3-26H,1-2H3. The van der Waals surface area contributed by atoms with Crippen molar-refractivity contribution in [3.8, 4) is 22.3 Å². The van der Waals surface area contributed by atoms with E-state index in [4.69, 9.17) is 0 Å². The molecule has 0 fully saturated rings. The van der Waals surface area contributed by atoms with Crippen LogP contribution in [0.2, 0.25) is 0 Å². The zero-order chi connectivity index (χ0) is 29.6. The lowest BCUT2D eigenvalue weighted by molar-refractivity contribution is 0.103. The van der Waals surface area contributed by atoms with Crippen LogP contribution in [0.5, 0.6) is 0 Å². The number of carbonyl (C=O) groups is 1. The Balaban J connectivity index is 1.48. The summed E-state index contributed by atoms with van der Waals surface area (Å²) in [6.07, 6.45) is 0. The molecule has 7 rings (SSSR count). The van der Waals surface area contributed by atoms with Crippen LogP contribution < -0.4 is 4.90 Å². The van der Waals surface area contributed by atoms with E-state index in [1.165, 1.54) is 22.3 Å². The Bertz CT molecular complexity index is 1990. The van der Waals surface area contributed by atoms with Gasteiger partial charge in [0.25, 0.3) is 0 Å². The minimum atomic E-state index is -0.156. The van der Waals surface area contributed by atoms with Gasteiger partial charge in [0.15, 0.2) is 5.78 Å². The summed E-state index contributed by atoms with van der Waals surface area (Å²) in [7, 11) is 0. The van der Waals surface area contributed by atoms with Gasteiger partial charge in [0, 0.05) is 32.3 Å². The van der Waals surface area contributed by atoms with Crippen LogP contribution in [0.25, 0.3) is 22.3 Å². The molecule has 0 radical (unpaired) electrons. The summed E-state index contributed by atoms with van der Waals surface area (Å²) < 4.78 is 0.781. The topological polar surface area (TPSA) is 20.3 Å². The second-order valence-electron chi connectivity index (χ2n) is 11.4. The Morgan fingerprint density at radius 3 is 1.91 bits per heavy atom. The Morgan fingerprint density at radius 2 is 1.14 bits per heavy atom. The number of rotatable bonds is 6. The number of hydrogen-bond acceptors (Lipinski definition) is 2. The molecule has 6 aromatic carbocycles. The maximum absolute atomic E-state index is 14.2.